The van der Waals surface area contributed by atoms with Gasteiger partial charge in [0.2, 0.25) is 5.91 Å². The molecule has 39 heavy (non-hydrogen) atoms. The second-order valence-corrected chi connectivity index (χ2v) is 11.5. The number of sulfone groups is 1. The van der Waals surface area contributed by atoms with E-state index in [2.05, 4.69) is 10.4 Å². The third-order valence-corrected chi connectivity index (χ3v) is 8.49. The predicted octanol–water partition coefficient (Wildman–Crippen LogP) is 3.13. The number of hydrogen-bond acceptors (Lipinski definition) is 8. The molecule has 202 valence electrons. The highest BCUT2D eigenvalue weighted by molar-refractivity contribution is 7.91. The number of primary amides is 1. The summed E-state index contributed by atoms with van der Waals surface area (Å²) in [6, 6.07) is 12.8. The first-order valence-corrected chi connectivity index (χ1v) is 14.0. The van der Waals surface area contributed by atoms with Crippen molar-refractivity contribution in [2.45, 2.75) is 19.4 Å². The van der Waals surface area contributed by atoms with E-state index >= 15 is 0 Å². The number of pyridine rings is 1. The molecule has 5 rings (SSSR count). The first-order valence-electron chi connectivity index (χ1n) is 12.1. The van der Waals surface area contributed by atoms with Crippen LogP contribution in [-0.2, 0) is 9.84 Å². The van der Waals surface area contributed by atoms with Gasteiger partial charge in [-0.05, 0) is 61.9 Å². The fourth-order valence-electron chi connectivity index (χ4n) is 4.77. The maximum absolute atomic E-state index is 13.6. The summed E-state index contributed by atoms with van der Waals surface area (Å²) in [5.74, 6) is 0.0695. The second-order valence-electron chi connectivity index (χ2n) is 9.31. The molecule has 0 spiro atoms. The number of carbonyl (C=O) groups is 2. The van der Waals surface area contributed by atoms with Crippen molar-refractivity contribution in [2.75, 3.05) is 31.0 Å². The van der Waals surface area contributed by atoms with Gasteiger partial charge in [-0.3, -0.25) is 9.59 Å². The molecule has 2 amide bonds. The lowest BCUT2D eigenvalue weighted by Crippen LogP contribution is -2.15. The van der Waals surface area contributed by atoms with Gasteiger partial charge < -0.3 is 20.5 Å². The number of anilines is 1. The number of methoxy groups -OCH3 is 2. The first-order chi connectivity index (χ1) is 18.6. The minimum atomic E-state index is -3.19. The Kier molecular flexibility index (Phi) is 6.73. The quantitative estimate of drug-likeness (QED) is 0.356. The van der Waals surface area contributed by atoms with E-state index in [0.717, 1.165) is 0 Å². The molecule has 0 radical (unpaired) electrons. The zero-order chi connectivity index (χ0) is 27.9. The van der Waals surface area contributed by atoms with E-state index in [1.165, 1.54) is 26.4 Å². The van der Waals surface area contributed by atoms with Crippen LogP contribution >= 0.6 is 0 Å². The summed E-state index contributed by atoms with van der Waals surface area (Å²) in [5, 5.41) is 8.01. The molecule has 0 aliphatic carbocycles. The van der Waals surface area contributed by atoms with E-state index in [1.54, 1.807) is 48.0 Å². The monoisotopic (exact) mass is 549 g/mol. The fraction of sp³-hybridized carbons (Fsp3) is 0.259. The van der Waals surface area contributed by atoms with Crippen LogP contribution in [0.25, 0.3) is 22.3 Å². The summed E-state index contributed by atoms with van der Waals surface area (Å²) in [6.07, 6.45) is 0.411. The van der Waals surface area contributed by atoms with Crippen LogP contribution in [0.2, 0.25) is 0 Å². The molecule has 1 atom stereocenters. The fourth-order valence-corrected chi connectivity index (χ4v) is 6.47. The van der Waals surface area contributed by atoms with Crippen LogP contribution in [0.3, 0.4) is 0 Å². The van der Waals surface area contributed by atoms with Crippen molar-refractivity contribution in [1.29, 1.82) is 0 Å². The molecular weight excluding hydrogens is 522 g/mol. The van der Waals surface area contributed by atoms with Crippen LogP contribution < -0.4 is 20.5 Å². The highest BCUT2D eigenvalue weighted by Gasteiger charge is 2.32. The Balaban J connectivity index is 1.65. The molecule has 3 heterocycles. The number of ether oxygens (including phenoxy) is 2. The molecule has 12 heteroatoms. The number of nitrogens with two attached hydrogens (primary N) is 1. The van der Waals surface area contributed by atoms with Crippen molar-refractivity contribution in [3.63, 3.8) is 0 Å². The van der Waals surface area contributed by atoms with Crippen molar-refractivity contribution < 1.29 is 27.5 Å². The zero-order valence-electron chi connectivity index (χ0n) is 21.6. The SMILES string of the molecule is COc1ccc(-c2cc(C(=O)Nc3ccc(C(N)=O)cc3)c3c(C)nn(C4CCS(=O)(=O)C4)c3n2)cc1OC. The normalized spacial score (nSPS) is 16.2. The molecule has 1 saturated heterocycles. The van der Waals surface area contributed by atoms with E-state index in [4.69, 9.17) is 20.2 Å². The third-order valence-electron chi connectivity index (χ3n) is 6.74. The van der Waals surface area contributed by atoms with Gasteiger partial charge in [-0.2, -0.15) is 5.10 Å². The van der Waals surface area contributed by atoms with Gasteiger partial charge in [-0.15, -0.1) is 0 Å². The summed E-state index contributed by atoms with van der Waals surface area (Å²) in [6.45, 7) is 1.76. The summed E-state index contributed by atoms with van der Waals surface area (Å²) < 4.78 is 36.9. The van der Waals surface area contributed by atoms with Gasteiger partial charge >= 0.3 is 0 Å². The number of nitrogens with one attached hydrogen (secondary N) is 1. The molecule has 2 aromatic carbocycles. The van der Waals surface area contributed by atoms with E-state index in [9.17, 15) is 18.0 Å². The number of rotatable bonds is 7. The maximum atomic E-state index is 13.6. The molecular formula is C27H27N5O6S. The average Bonchev–Trinajstić information content (AvgIpc) is 3.46. The van der Waals surface area contributed by atoms with Gasteiger partial charge in [-0.25, -0.2) is 18.1 Å². The van der Waals surface area contributed by atoms with Crippen LogP contribution in [0.4, 0.5) is 5.69 Å². The maximum Gasteiger partial charge on any atom is 0.256 e. The molecule has 2 aromatic heterocycles. The van der Waals surface area contributed by atoms with E-state index < -0.39 is 27.7 Å². The molecule has 1 unspecified atom stereocenters. The summed E-state index contributed by atoms with van der Waals surface area (Å²) in [5.41, 5.74) is 8.52. The highest BCUT2D eigenvalue weighted by Crippen LogP contribution is 2.35. The first kappa shape index (κ1) is 26.2. The van der Waals surface area contributed by atoms with Crippen molar-refractivity contribution in [1.82, 2.24) is 14.8 Å². The van der Waals surface area contributed by atoms with Crippen LogP contribution in [0.1, 0.15) is 38.9 Å². The summed E-state index contributed by atoms with van der Waals surface area (Å²) >= 11 is 0. The predicted molar refractivity (Wildman–Crippen MR) is 146 cm³/mol. The molecule has 0 bridgehead atoms. The van der Waals surface area contributed by atoms with Crippen LogP contribution in [-0.4, -0.2) is 60.7 Å². The summed E-state index contributed by atoms with van der Waals surface area (Å²) in [4.78, 5) is 29.9. The van der Waals surface area contributed by atoms with Gasteiger partial charge in [0.15, 0.2) is 27.0 Å². The Labute approximate surface area is 224 Å². The minimum absolute atomic E-state index is 0.0424. The Bertz CT molecular complexity index is 1710. The highest BCUT2D eigenvalue weighted by atomic mass is 32.2. The third kappa shape index (κ3) is 5.02. The lowest BCUT2D eigenvalue weighted by Gasteiger charge is -2.14. The van der Waals surface area contributed by atoms with Crippen LogP contribution in [0, 0.1) is 6.92 Å². The van der Waals surface area contributed by atoms with Crippen LogP contribution in [0.15, 0.2) is 48.5 Å². The Hall–Kier alpha value is -4.45. The number of fused-ring (bicyclic) bond motifs is 1. The number of benzene rings is 2. The van der Waals surface area contributed by atoms with Crippen molar-refractivity contribution in [3.8, 4) is 22.8 Å². The standard InChI is InChI=1S/C27H27N5O6S/c1-15-24-20(27(34)29-18-7-4-16(5-8-18)25(28)33)13-21(17-6-9-22(37-2)23(12-17)38-3)30-26(24)32(31-15)19-10-11-39(35,36)14-19/h4-9,12-13,19H,10-11,14H2,1-3H3,(H2,28,33)(H,29,34). The van der Waals surface area contributed by atoms with Gasteiger partial charge in [0.05, 0.1) is 54.1 Å². The lowest BCUT2D eigenvalue weighted by atomic mass is 10.0. The molecule has 1 fully saturated rings. The van der Waals surface area contributed by atoms with Crippen molar-refractivity contribution in [3.05, 3.63) is 65.4 Å². The Morgan fingerprint density at radius 1 is 1.05 bits per heavy atom. The molecule has 0 saturated carbocycles. The minimum Gasteiger partial charge on any atom is -0.493 e. The number of aryl methyl sites for hydroxylation is 1. The smallest absolute Gasteiger partial charge is 0.256 e. The largest absolute Gasteiger partial charge is 0.493 e. The van der Waals surface area contributed by atoms with Gasteiger partial charge in [-0.1, -0.05) is 0 Å². The number of hydrogen-bond donors (Lipinski definition) is 2. The second kappa shape index (κ2) is 10.0. The Morgan fingerprint density at radius 3 is 2.38 bits per heavy atom. The van der Waals surface area contributed by atoms with Crippen LogP contribution in [0.5, 0.6) is 11.5 Å². The molecule has 1 aliphatic rings. The summed E-state index contributed by atoms with van der Waals surface area (Å²) in [7, 11) is -0.124. The molecule has 11 nitrogen and oxygen atoms in total. The molecule has 3 N–H and O–H groups in total. The average molecular weight is 550 g/mol. The van der Waals surface area contributed by atoms with Gasteiger partial charge in [0, 0.05) is 16.8 Å². The molecule has 4 aromatic rings. The van der Waals surface area contributed by atoms with Crippen molar-refractivity contribution in [2.24, 2.45) is 5.73 Å². The zero-order valence-corrected chi connectivity index (χ0v) is 22.4. The van der Waals surface area contributed by atoms with E-state index in [1.807, 2.05) is 0 Å². The number of amides is 2. The lowest BCUT2D eigenvalue weighted by molar-refractivity contribution is 0.0998. The topological polar surface area (TPSA) is 155 Å². The van der Waals surface area contributed by atoms with E-state index in [0.29, 0.717) is 62.7 Å². The number of nitrogens with zero attached hydrogens (tertiary/aromatic N) is 3. The van der Waals surface area contributed by atoms with Crippen molar-refractivity contribution >= 4 is 38.4 Å². The van der Waals surface area contributed by atoms with Gasteiger partial charge in [0.1, 0.15) is 0 Å². The molecule has 1 aliphatic heterocycles. The number of aromatic nitrogens is 3. The Morgan fingerprint density at radius 2 is 1.77 bits per heavy atom. The van der Waals surface area contributed by atoms with Gasteiger partial charge in [0.25, 0.3) is 5.91 Å². The number of carbonyl (C=O) groups excluding carboxylic acids is 2. The van der Waals surface area contributed by atoms with E-state index in [-0.39, 0.29) is 11.5 Å².